The molecule has 0 aromatic heterocycles. The highest BCUT2D eigenvalue weighted by molar-refractivity contribution is 5.98. The molecule has 0 amide bonds. The summed E-state index contributed by atoms with van der Waals surface area (Å²) >= 11 is 0. The first-order chi connectivity index (χ1) is 10.5. The molecular weight excluding hydrogens is 280 g/mol. The van der Waals surface area contributed by atoms with Crippen molar-refractivity contribution in [2.45, 2.75) is 38.4 Å². The van der Waals surface area contributed by atoms with Crippen LogP contribution in [0.4, 0.5) is 5.69 Å². The quantitative estimate of drug-likeness (QED) is 0.817. The van der Waals surface area contributed by atoms with Gasteiger partial charge in [0.05, 0.1) is 24.9 Å². The van der Waals surface area contributed by atoms with Gasteiger partial charge in [0.15, 0.2) is 5.78 Å². The van der Waals surface area contributed by atoms with Crippen LogP contribution in [-0.2, 0) is 4.74 Å². The zero-order valence-corrected chi connectivity index (χ0v) is 13.3. The van der Waals surface area contributed by atoms with E-state index in [1.54, 1.807) is 0 Å². The summed E-state index contributed by atoms with van der Waals surface area (Å²) in [5.41, 5.74) is 1.38. The lowest BCUT2D eigenvalue weighted by atomic mass is 10.0. The molecule has 120 valence electrons. The summed E-state index contributed by atoms with van der Waals surface area (Å²) in [6.45, 7) is 6.73. The van der Waals surface area contributed by atoms with Gasteiger partial charge in [-0.25, -0.2) is 0 Å². The molecule has 0 spiro atoms. The first-order valence-electron chi connectivity index (χ1n) is 7.96. The van der Waals surface area contributed by atoms with Crippen LogP contribution in [0, 0.1) is 0 Å². The number of carbonyl (C=O) groups is 1. The van der Waals surface area contributed by atoms with Crippen molar-refractivity contribution in [3.63, 3.8) is 0 Å². The van der Waals surface area contributed by atoms with Crippen molar-refractivity contribution < 1.29 is 14.3 Å². The molecule has 1 saturated heterocycles. The van der Waals surface area contributed by atoms with Crippen LogP contribution in [0.25, 0.3) is 0 Å². The van der Waals surface area contributed by atoms with Gasteiger partial charge in [0.1, 0.15) is 11.4 Å². The Morgan fingerprint density at radius 2 is 2.32 bits per heavy atom. The highest BCUT2D eigenvalue weighted by Gasteiger charge is 2.26. The third kappa shape index (κ3) is 3.59. The Kier molecular flexibility index (Phi) is 4.36. The number of fused-ring (bicyclic) bond motifs is 1. The van der Waals surface area contributed by atoms with Crippen LogP contribution in [0.5, 0.6) is 5.75 Å². The number of rotatable bonds is 5. The number of nitrogens with one attached hydrogen (secondary N) is 2. The molecule has 2 N–H and O–H groups in total. The number of Topliss-reactive ketones (excluding diaryl/α,β-unsaturated/α-hetero) is 1. The Bertz CT molecular complexity index is 551. The van der Waals surface area contributed by atoms with Crippen molar-refractivity contribution in [1.82, 2.24) is 5.32 Å². The number of hydrogen-bond donors (Lipinski definition) is 2. The van der Waals surface area contributed by atoms with Crippen molar-refractivity contribution in [3.8, 4) is 5.75 Å². The van der Waals surface area contributed by atoms with Gasteiger partial charge in [0.25, 0.3) is 0 Å². The summed E-state index contributed by atoms with van der Waals surface area (Å²) in [4.78, 5) is 12.3. The maximum atomic E-state index is 12.3. The van der Waals surface area contributed by atoms with E-state index in [0.717, 1.165) is 44.0 Å². The summed E-state index contributed by atoms with van der Waals surface area (Å²) in [5, 5.41) is 6.52. The van der Waals surface area contributed by atoms with Gasteiger partial charge in [0.2, 0.25) is 0 Å². The number of anilines is 1. The number of carbonyl (C=O) groups excluding carboxylic acids is 1. The summed E-state index contributed by atoms with van der Waals surface area (Å²) < 4.78 is 11.4. The highest BCUT2D eigenvalue weighted by atomic mass is 16.5. The fraction of sp³-hybridized carbons (Fsp3) is 0.588. The maximum Gasteiger partial charge on any atom is 0.176 e. The second kappa shape index (κ2) is 6.26. The van der Waals surface area contributed by atoms with Gasteiger partial charge in [0, 0.05) is 18.7 Å². The first-order valence-corrected chi connectivity index (χ1v) is 7.96. The summed E-state index contributed by atoms with van der Waals surface area (Å²) in [6.07, 6.45) is 2.46. The minimum Gasteiger partial charge on any atom is -0.484 e. The summed E-state index contributed by atoms with van der Waals surface area (Å²) in [6, 6.07) is 5.58. The van der Waals surface area contributed by atoms with Gasteiger partial charge < -0.3 is 20.1 Å². The first kappa shape index (κ1) is 15.3. The molecule has 1 aromatic carbocycles. The average Bonchev–Trinajstić information content (AvgIpc) is 2.99. The predicted octanol–water partition coefficient (Wildman–Crippen LogP) is 2.22. The lowest BCUT2D eigenvalue weighted by molar-refractivity contribution is 0.0955. The molecule has 5 nitrogen and oxygen atoms in total. The predicted molar refractivity (Wildman–Crippen MR) is 85.8 cm³/mol. The Morgan fingerprint density at radius 1 is 1.45 bits per heavy atom. The van der Waals surface area contributed by atoms with Gasteiger partial charge in [-0.1, -0.05) is 0 Å². The van der Waals surface area contributed by atoms with Gasteiger partial charge in [-0.05, 0) is 44.9 Å². The molecule has 0 bridgehead atoms. The molecular formula is C17H24N2O3. The SMILES string of the molecule is CC1(C)CNc2cc(C(=O)CNCC3CCCO3)ccc2O1. The van der Waals surface area contributed by atoms with Gasteiger partial charge in [-0.2, -0.15) is 0 Å². The van der Waals surface area contributed by atoms with E-state index in [9.17, 15) is 4.79 Å². The fourth-order valence-corrected chi connectivity index (χ4v) is 2.83. The van der Waals surface area contributed by atoms with E-state index in [4.69, 9.17) is 9.47 Å². The van der Waals surface area contributed by atoms with Crippen LogP contribution < -0.4 is 15.4 Å². The van der Waals surface area contributed by atoms with Crippen LogP contribution in [0.1, 0.15) is 37.0 Å². The number of hydrogen-bond acceptors (Lipinski definition) is 5. The van der Waals surface area contributed by atoms with Crippen LogP contribution in [-0.4, -0.2) is 43.7 Å². The topological polar surface area (TPSA) is 59.6 Å². The summed E-state index contributed by atoms with van der Waals surface area (Å²) in [5.74, 6) is 0.896. The van der Waals surface area contributed by atoms with E-state index in [0.29, 0.717) is 12.1 Å². The third-order valence-corrected chi connectivity index (χ3v) is 4.07. The van der Waals surface area contributed by atoms with E-state index in [2.05, 4.69) is 10.6 Å². The minimum atomic E-state index is -0.221. The number of ether oxygens (including phenoxy) is 2. The molecule has 2 heterocycles. The molecule has 0 saturated carbocycles. The van der Waals surface area contributed by atoms with Crippen molar-refractivity contribution in [2.75, 3.05) is 31.6 Å². The molecule has 2 aliphatic heterocycles. The molecule has 0 radical (unpaired) electrons. The maximum absolute atomic E-state index is 12.3. The Labute approximate surface area is 131 Å². The van der Waals surface area contributed by atoms with E-state index < -0.39 is 0 Å². The molecule has 0 aliphatic carbocycles. The van der Waals surface area contributed by atoms with Crippen LogP contribution in [0.2, 0.25) is 0 Å². The molecule has 2 aliphatic rings. The molecule has 22 heavy (non-hydrogen) atoms. The Morgan fingerprint density at radius 3 is 3.09 bits per heavy atom. The standard InChI is InChI=1S/C17H24N2O3/c1-17(2)11-19-14-8-12(5-6-16(14)22-17)15(20)10-18-9-13-4-3-7-21-13/h5-6,8,13,18-19H,3-4,7,9-11H2,1-2H3. The second-order valence-electron chi connectivity index (χ2n) is 6.62. The molecule has 1 atom stereocenters. The highest BCUT2D eigenvalue weighted by Crippen LogP contribution is 2.33. The second-order valence-corrected chi connectivity index (χ2v) is 6.62. The number of ketones is 1. The zero-order valence-electron chi connectivity index (χ0n) is 13.3. The van der Waals surface area contributed by atoms with Crippen LogP contribution in [0.15, 0.2) is 18.2 Å². The molecule has 1 unspecified atom stereocenters. The smallest absolute Gasteiger partial charge is 0.176 e. The normalized spacial score (nSPS) is 22.5. The van der Waals surface area contributed by atoms with E-state index >= 15 is 0 Å². The monoisotopic (exact) mass is 304 g/mol. The van der Waals surface area contributed by atoms with Crippen molar-refractivity contribution >= 4 is 11.5 Å². The van der Waals surface area contributed by atoms with Crippen molar-refractivity contribution in [1.29, 1.82) is 0 Å². The van der Waals surface area contributed by atoms with E-state index in [1.165, 1.54) is 0 Å². The van der Waals surface area contributed by atoms with Crippen molar-refractivity contribution in [3.05, 3.63) is 23.8 Å². The lowest BCUT2D eigenvalue weighted by Crippen LogP contribution is -2.40. The van der Waals surface area contributed by atoms with Crippen LogP contribution >= 0.6 is 0 Å². The molecule has 5 heteroatoms. The van der Waals surface area contributed by atoms with Gasteiger partial charge in [-0.3, -0.25) is 4.79 Å². The summed E-state index contributed by atoms with van der Waals surface area (Å²) in [7, 11) is 0. The average molecular weight is 304 g/mol. The lowest BCUT2D eigenvalue weighted by Gasteiger charge is -2.33. The molecule has 1 fully saturated rings. The van der Waals surface area contributed by atoms with Crippen molar-refractivity contribution in [2.24, 2.45) is 0 Å². The van der Waals surface area contributed by atoms with Gasteiger partial charge >= 0.3 is 0 Å². The fourth-order valence-electron chi connectivity index (χ4n) is 2.83. The number of benzene rings is 1. The van der Waals surface area contributed by atoms with E-state index in [-0.39, 0.29) is 17.5 Å². The minimum absolute atomic E-state index is 0.0902. The van der Waals surface area contributed by atoms with E-state index in [1.807, 2.05) is 32.0 Å². The molecule has 3 rings (SSSR count). The largest absolute Gasteiger partial charge is 0.484 e. The Hall–Kier alpha value is -1.59. The third-order valence-electron chi connectivity index (χ3n) is 4.07. The van der Waals surface area contributed by atoms with Crippen LogP contribution in [0.3, 0.4) is 0 Å². The zero-order chi connectivity index (χ0) is 15.6. The Balaban J connectivity index is 1.56. The van der Waals surface area contributed by atoms with Gasteiger partial charge in [-0.15, -0.1) is 0 Å². The molecule has 1 aromatic rings.